The van der Waals surface area contributed by atoms with Gasteiger partial charge in [-0.15, -0.1) is 0 Å². The molecule has 1 aromatic heterocycles. The molecule has 1 aliphatic carbocycles. The van der Waals surface area contributed by atoms with Gasteiger partial charge in [-0.05, 0) is 40.5 Å². The number of carbonyl (C=O) groups is 2. The summed E-state index contributed by atoms with van der Waals surface area (Å²) in [5.74, 6) is -0.940. The first-order valence-electron chi connectivity index (χ1n) is 7.87. The molecule has 2 rings (SSSR count). The van der Waals surface area contributed by atoms with Crippen molar-refractivity contribution < 1.29 is 24.2 Å². The smallest absolute Gasteiger partial charge is 0.359 e. The van der Waals surface area contributed by atoms with E-state index in [1.54, 1.807) is 27.7 Å². The molecule has 0 amide bonds. The number of esters is 2. The van der Waals surface area contributed by atoms with Crippen molar-refractivity contribution in [3.8, 4) is 0 Å². The maximum absolute atomic E-state index is 12.1. The first-order chi connectivity index (χ1) is 10.7. The van der Waals surface area contributed by atoms with Gasteiger partial charge in [0, 0.05) is 17.7 Å². The predicted molar refractivity (Wildman–Crippen MR) is 82.1 cm³/mol. The predicted octanol–water partition coefficient (Wildman–Crippen LogP) is 1.25. The van der Waals surface area contributed by atoms with Crippen molar-refractivity contribution in [2.24, 2.45) is 0 Å². The lowest BCUT2D eigenvalue weighted by atomic mass is 9.93. The molecule has 0 fully saturated rings. The number of ether oxygens (including phenoxy) is 2. The highest BCUT2D eigenvalue weighted by molar-refractivity contribution is 5.89. The molecule has 0 aromatic carbocycles. The average molecular weight is 324 g/mol. The Bertz CT molecular complexity index is 600. The van der Waals surface area contributed by atoms with Crippen LogP contribution in [0.1, 0.15) is 55.9 Å². The Labute approximate surface area is 135 Å². The van der Waals surface area contributed by atoms with Crippen molar-refractivity contribution in [3.63, 3.8) is 0 Å². The maximum atomic E-state index is 12.1. The highest BCUT2D eigenvalue weighted by Crippen LogP contribution is 2.25. The van der Waals surface area contributed by atoms with Gasteiger partial charge in [0.25, 0.3) is 0 Å². The van der Waals surface area contributed by atoms with Gasteiger partial charge in [0.15, 0.2) is 5.69 Å². The van der Waals surface area contributed by atoms with Crippen LogP contribution in [-0.2, 0) is 33.7 Å². The van der Waals surface area contributed by atoms with Crippen LogP contribution in [0.5, 0.6) is 0 Å². The number of aliphatic hydroxyl groups excluding tert-OH is 1. The van der Waals surface area contributed by atoms with E-state index in [9.17, 15) is 14.7 Å². The zero-order chi connectivity index (χ0) is 17.2. The normalized spacial score (nSPS) is 17.5. The van der Waals surface area contributed by atoms with E-state index in [2.05, 4.69) is 5.10 Å². The maximum Gasteiger partial charge on any atom is 0.359 e. The zero-order valence-corrected chi connectivity index (χ0v) is 14.1. The Morgan fingerprint density at radius 1 is 1.39 bits per heavy atom. The molecule has 1 aliphatic rings. The average Bonchev–Trinajstić information content (AvgIpc) is 2.74. The monoisotopic (exact) mass is 324 g/mol. The molecule has 0 spiro atoms. The summed E-state index contributed by atoms with van der Waals surface area (Å²) in [6.45, 7) is 7.29. The molecule has 1 aromatic rings. The fourth-order valence-corrected chi connectivity index (χ4v) is 2.66. The van der Waals surface area contributed by atoms with Crippen LogP contribution in [0.15, 0.2) is 0 Å². The molecule has 0 bridgehead atoms. The van der Waals surface area contributed by atoms with E-state index in [1.807, 2.05) is 0 Å². The van der Waals surface area contributed by atoms with Crippen molar-refractivity contribution in [1.82, 2.24) is 9.78 Å². The summed E-state index contributed by atoms with van der Waals surface area (Å²) >= 11 is 0. The number of aromatic nitrogens is 2. The van der Waals surface area contributed by atoms with Crippen molar-refractivity contribution in [2.45, 2.75) is 65.2 Å². The van der Waals surface area contributed by atoms with Crippen LogP contribution >= 0.6 is 0 Å². The number of carbonyl (C=O) groups excluding carboxylic acids is 2. The van der Waals surface area contributed by atoms with E-state index in [-0.39, 0.29) is 18.8 Å². The third-order valence-corrected chi connectivity index (χ3v) is 3.49. The number of rotatable bonds is 4. The van der Waals surface area contributed by atoms with E-state index in [0.717, 1.165) is 5.69 Å². The SMILES string of the molecule is CCOC(=O)c1nn(CC(=O)OC(C)(C)C)c2c1CC(O)CC2. The Balaban J connectivity index is 2.28. The molecule has 1 N–H and O–H groups in total. The van der Waals surface area contributed by atoms with Crippen molar-refractivity contribution in [3.05, 3.63) is 17.0 Å². The molecule has 0 aliphatic heterocycles. The summed E-state index contributed by atoms with van der Waals surface area (Å²) < 4.78 is 11.8. The van der Waals surface area contributed by atoms with Gasteiger partial charge < -0.3 is 14.6 Å². The Hall–Kier alpha value is -1.89. The molecule has 1 unspecified atom stereocenters. The lowest BCUT2D eigenvalue weighted by Gasteiger charge is -2.21. The molecule has 0 radical (unpaired) electrons. The number of nitrogens with zero attached hydrogens (tertiary/aromatic N) is 2. The van der Waals surface area contributed by atoms with Crippen LogP contribution < -0.4 is 0 Å². The fraction of sp³-hybridized carbons (Fsp3) is 0.688. The van der Waals surface area contributed by atoms with Crippen LogP contribution in [0.2, 0.25) is 0 Å². The Kier molecular flexibility index (Phi) is 5.09. The van der Waals surface area contributed by atoms with Gasteiger partial charge in [0.2, 0.25) is 0 Å². The van der Waals surface area contributed by atoms with Gasteiger partial charge in [-0.25, -0.2) is 4.79 Å². The lowest BCUT2D eigenvalue weighted by Crippen LogP contribution is -2.28. The number of fused-ring (bicyclic) bond motifs is 1. The van der Waals surface area contributed by atoms with Crippen LogP contribution in [0.25, 0.3) is 0 Å². The lowest BCUT2D eigenvalue weighted by molar-refractivity contribution is -0.155. The number of hydrogen-bond donors (Lipinski definition) is 1. The van der Waals surface area contributed by atoms with Gasteiger partial charge in [-0.2, -0.15) is 5.10 Å². The molecule has 23 heavy (non-hydrogen) atoms. The fourth-order valence-electron chi connectivity index (χ4n) is 2.66. The highest BCUT2D eigenvalue weighted by atomic mass is 16.6. The Morgan fingerprint density at radius 3 is 2.70 bits per heavy atom. The highest BCUT2D eigenvalue weighted by Gasteiger charge is 2.30. The molecule has 7 nitrogen and oxygen atoms in total. The van der Waals surface area contributed by atoms with E-state index in [4.69, 9.17) is 9.47 Å². The van der Waals surface area contributed by atoms with Gasteiger partial charge in [-0.3, -0.25) is 9.48 Å². The first-order valence-corrected chi connectivity index (χ1v) is 7.87. The third kappa shape index (κ3) is 4.31. The zero-order valence-electron chi connectivity index (χ0n) is 14.1. The molecule has 1 heterocycles. The first kappa shape index (κ1) is 17.5. The van der Waals surface area contributed by atoms with Crippen LogP contribution in [0.3, 0.4) is 0 Å². The quantitative estimate of drug-likeness (QED) is 0.838. The minimum atomic E-state index is -0.579. The van der Waals surface area contributed by atoms with Crippen molar-refractivity contribution in [2.75, 3.05) is 6.61 Å². The van der Waals surface area contributed by atoms with Gasteiger partial charge in [0.1, 0.15) is 12.1 Å². The molecule has 128 valence electrons. The van der Waals surface area contributed by atoms with E-state index in [0.29, 0.717) is 24.8 Å². The second kappa shape index (κ2) is 6.70. The summed E-state index contributed by atoms with van der Waals surface area (Å²) in [7, 11) is 0. The van der Waals surface area contributed by atoms with E-state index >= 15 is 0 Å². The number of aliphatic hydroxyl groups is 1. The molecule has 1 atom stereocenters. The molecule has 0 saturated heterocycles. The van der Waals surface area contributed by atoms with Crippen molar-refractivity contribution in [1.29, 1.82) is 0 Å². The molecular formula is C16H24N2O5. The van der Waals surface area contributed by atoms with Gasteiger partial charge in [-0.1, -0.05) is 0 Å². The van der Waals surface area contributed by atoms with Crippen LogP contribution in [-0.4, -0.2) is 45.1 Å². The minimum absolute atomic E-state index is 0.0604. The molecule has 0 saturated carbocycles. The van der Waals surface area contributed by atoms with Gasteiger partial charge in [0.05, 0.1) is 12.7 Å². The molecule has 7 heteroatoms. The summed E-state index contributed by atoms with van der Waals surface area (Å²) in [6, 6.07) is 0. The van der Waals surface area contributed by atoms with E-state index in [1.165, 1.54) is 4.68 Å². The summed E-state index contributed by atoms with van der Waals surface area (Å²) in [6.07, 6.45) is 0.980. The second-order valence-electron chi connectivity index (χ2n) is 6.64. The second-order valence-corrected chi connectivity index (χ2v) is 6.64. The van der Waals surface area contributed by atoms with Crippen molar-refractivity contribution >= 4 is 11.9 Å². The summed E-state index contributed by atoms with van der Waals surface area (Å²) in [4.78, 5) is 24.1. The van der Waals surface area contributed by atoms with Crippen LogP contribution in [0.4, 0.5) is 0 Å². The molecular weight excluding hydrogens is 300 g/mol. The largest absolute Gasteiger partial charge is 0.461 e. The standard InChI is InChI=1S/C16H24N2O5/c1-5-22-15(21)14-11-8-10(19)6-7-12(11)18(17-14)9-13(20)23-16(2,3)4/h10,19H,5-9H2,1-4H3. The minimum Gasteiger partial charge on any atom is -0.461 e. The van der Waals surface area contributed by atoms with Crippen LogP contribution in [0, 0.1) is 0 Å². The Morgan fingerprint density at radius 2 is 2.09 bits per heavy atom. The van der Waals surface area contributed by atoms with Gasteiger partial charge >= 0.3 is 11.9 Å². The summed E-state index contributed by atoms with van der Waals surface area (Å²) in [5.41, 5.74) is 1.07. The summed E-state index contributed by atoms with van der Waals surface area (Å²) in [5, 5.41) is 14.1. The number of hydrogen-bond acceptors (Lipinski definition) is 6. The van der Waals surface area contributed by atoms with E-state index < -0.39 is 23.6 Å². The topological polar surface area (TPSA) is 90.7 Å². The third-order valence-electron chi connectivity index (χ3n) is 3.49.